The first-order valence-electron chi connectivity index (χ1n) is 13.5. The minimum Gasteiger partial charge on any atom is -0.494 e. The molecule has 2 bridgehead atoms. The molecule has 7 rings (SSSR count). The molecule has 39 heavy (non-hydrogen) atoms. The third kappa shape index (κ3) is 3.79. The summed E-state index contributed by atoms with van der Waals surface area (Å²) in [4.78, 5) is 25.3. The van der Waals surface area contributed by atoms with Crippen LogP contribution >= 0.6 is 0 Å². The Morgan fingerprint density at radius 1 is 1.28 bits per heavy atom. The van der Waals surface area contributed by atoms with Gasteiger partial charge in [0.05, 0.1) is 36.5 Å². The zero-order chi connectivity index (χ0) is 26.8. The van der Waals surface area contributed by atoms with E-state index in [0.717, 1.165) is 41.0 Å². The highest BCUT2D eigenvalue weighted by atomic mass is 16.5. The molecular weight excluding hydrogens is 494 g/mol. The lowest BCUT2D eigenvalue weighted by Gasteiger charge is -2.33. The van der Waals surface area contributed by atoms with Crippen molar-refractivity contribution >= 4 is 28.0 Å². The average molecular weight is 526 g/mol. The molecular formula is C29H31N7O3. The summed E-state index contributed by atoms with van der Waals surface area (Å²) in [7, 11) is 3.60. The summed E-state index contributed by atoms with van der Waals surface area (Å²) in [5.41, 5.74) is 10.5. The van der Waals surface area contributed by atoms with Crippen molar-refractivity contribution in [3.8, 4) is 23.3 Å². The van der Waals surface area contributed by atoms with Crippen molar-refractivity contribution in [2.45, 2.75) is 44.0 Å². The van der Waals surface area contributed by atoms with Crippen LogP contribution in [0.15, 0.2) is 36.5 Å². The van der Waals surface area contributed by atoms with Gasteiger partial charge in [-0.1, -0.05) is 0 Å². The fourth-order valence-electron chi connectivity index (χ4n) is 6.63. The number of aromatic nitrogens is 4. The lowest BCUT2D eigenvalue weighted by Crippen LogP contribution is -2.49. The summed E-state index contributed by atoms with van der Waals surface area (Å²) in [6.45, 7) is 1.48. The Hall–Kier alpha value is -3.94. The Labute approximate surface area is 225 Å². The smallest absolute Gasteiger partial charge is 0.254 e. The number of fused-ring (bicyclic) bond motifs is 4. The van der Waals surface area contributed by atoms with Crippen molar-refractivity contribution in [3.05, 3.63) is 42.1 Å². The van der Waals surface area contributed by atoms with E-state index in [9.17, 15) is 4.79 Å². The van der Waals surface area contributed by atoms with Gasteiger partial charge in [0.15, 0.2) is 5.82 Å². The number of nitriles is 1. The van der Waals surface area contributed by atoms with E-state index >= 15 is 0 Å². The molecule has 10 nitrogen and oxygen atoms in total. The lowest BCUT2D eigenvalue weighted by molar-refractivity contribution is 0.00514. The molecule has 200 valence electrons. The number of nitrogens with zero attached hydrogens (tertiary/aromatic N) is 6. The van der Waals surface area contributed by atoms with Crippen molar-refractivity contribution in [1.29, 1.82) is 5.26 Å². The number of piperidine rings is 1. The number of amides is 1. The molecule has 1 aliphatic heterocycles. The molecule has 2 aliphatic carbocycles. The van der Waals surface area contributed by atoms with Crippen LogP contribution in [-0.2, 0) is 18.3 Å². The predicted octanol–water partition coefficient (Wildman–Crippen LogP) is 3.09. The van der Waals surface area contributed by atoms with Gasteiger partial charge in [0.1, 0.15) is 23.5 Å². The summed E-state index contributed by atoms with van der Waals surface area (Å²) >= 11 is 0. The van der Waals surface area contributed by atoms with E-state index in [2.05, 4.69) is 21.7 Å². The number of benzene rings is 1. The van der Waals surface area contributed by atoms with Crippen LogP contribution in [0.4, 0.5) is 0 Å². The van der Waals surface area contributed by atoms with E-state index in [-0.39, 0.29) is 36.6 Å². The number of carbonyl (C=O) groups is 1. The summed E-state index contributed by atoms with van der Waals surface area (Å²) in [5.74, 6) is 2.10. The molecule has 1 amide bonds. The number of carbonyl (C=O) groups excluding carboxylic acids is 1. The minimum absolute atomic E-state index is 0.00780. The van der Waals surface area contributed by atoms with Gasteiger partial charge in [-0.25, -0.2) is 9.97 Å². The molecule has 3 fully saturated rings. The van der Waals surface area contributed by atoms with E-state index in [1.54, 1.807) is 13.2 Å². The molecule has 3 aliphatic rings. The van der Waals surface area contributed by atoms with Gasteiger partial charge in [0, 0.05) is 43.3 Å². The number of hydrogen-bond donors (Lipinski definition) is 1. The lowest BCUT2D eigenvalue weighted by atomic mass is 10.1. The highest BCUT2D eigenvalue weighted by Gasteiger charge is 2.53. The predicted molar refractivity (Wildman–Crippen MR) is 145 cm³/mol. The van der Waals surface area contributed by atoms with Crippen LogP contribution in [0.3, 0.4) is 0 Å². The number of likely N-dealkylation sites (tertiary alicyclic amines) is 1. The largest absolute Gasteiger partial charge is 0.494 e. The van der Waals surface area contributed by atoms with Crippen LogP contribution in [-0.4, -0.2) is 68.4 Å². The minimum atomic E-state index is -0.248. The number of aryl methyl sites for hydroxylation is 1. The third-order valence-corrected chi connectivity index (χ3v) is 8.69. The van der Waals surface area contributed by atoms with Gasteiger partial charge >= 0.3 is 0 Å². The van der Waals surface area contributed by atoms with Crippen LogP contribution in [0.5, 0.6) is 5.75 Å². The van der Waals surface area contributed by atoms with Gasteiger partial charge in [0.25, 0.3) is 5.91 Å². The summed E-state index contributed by atoms with van der Waals surface area (Å²) < 4.78 is 15.9. The monoisotopic (exact) mass is 525 g/mol. The average Bonchev–Trinajstić information content (AvgIpc) is 3.38. The van der Waals surface area contributed by atoms with E-state index in [1.165, 1.54) is 12.8 Å². The Morgan fingerprint density at radius 3 is 2.87 bits per heavy atom. The number of rotatable bonds is 7. The fraction of sp³-hybridized carbons (Fsp3) is 0.448. The van der Waals surface area contributed by atoms with Gasteiger partial charge in [-0.05, 0) is 61.4 Å². The topological polar surface area (TPSA) is 124 Å². The maximum absolute atomic E-state index is 13.8. The molecule has 2 unspecified atom stereocenters. The maximum Gasteiger partial charge on any atom is 0.254 e. The molecule has 2 saturated carbocycles. The molecule has 4 heterocycles. The molecule has 0 spiro atoms. The van der Waals surface area contributed by atoms with Crippen LogP contribution in [0.2, 0.25) is 0 Å². The normalized spacial score (nSPS) is 24.1. The number of imidazole rings is 1. The molecule has 1 aromatic carbocycles. The number of nitrogens with two attached hydrogens (primary N) is 1. The first-order valence-corrected chi connectivity index (χ1v) is 13.5. The number of methoxy groups -OCH3 is 1. The molecule has 4 aromatic rings. The van der Waals surface area contributed by atoms with Gasteiger partial charge in [0.2, 0.25) is 0 Å². The quantitative estimate of drug-likeness (QED) is 0.393. The molecule has 4 atom stereocenters. The fourth-order valence-corrected chi connectivity index (χ4v) is 6.63. The van der Waals surface area contributed by atoms with Gasteiger partial charge in [-0.3, -0.25) is 4.79 Å². The molecule has 3 aromatic heterocycles. The zero-order valence-electron chi connectivity index (χ0n) is 22.1. The number of hydrogen-bond acceptors (Lipinski definition) is 7. The third-order valence-electron chi connectivity index (χ3n) is 8.69. The summed E-state index contributed by atoms with van der Waals surface area (Å²) in [6.07, 6.45) is 4.85. The Balaban J connectivity index is 1.29. The molecule has 10 heteroatoms. The van der Waals surface area contributed by atoms with Crippen molar-refractivity contribution in [2.75, 3.05) is 20.3 Å². The van der Waals surface area contributed by atoms with Crippen LogP contribution in [0.25, 0.3) is 33.6 Å². The Bertz CT molecular complexity index is 1650. The van der Waals surface area contributed by atoms with E-state index in [0.29, 0.717) is 29.3 Å². The van der Waals surface area contributed by atoms with Gasteiger partial charge in [-0.15, -0.1) is 0 Å². The van der Waals surface area contributed by atoms with Crippen LogP contribution in [0, 0.1) is 23.2 Å². The molecule has 1 saturated heterocycles. The number of pyridine rings is 1. The van der Waals surface area contributed by atoms with Gasteiger partial charge in [-0.2, -0.15) is 5.26 Å². The van der Waals surface area contributed by atoms with Crippen LogP contribution in [0.1, 0.15) is 29.6 Å². The zero-order valence-corrected chi connectivity index (χ0v) is 22.1. The SMILES string of the molecule is COc1cc(C(=O)N2C[C@H]3C[C@H](OCC#N)C2C3N)cc2nc(-c3cc4cccnc4n3CC3CC3)n(C)c12. The maximum atomic E-state index is 13.8. The van der Waals surface area contributed by atoms with Gasteiger partial charge < -0.3 is 29.2 Å². The highest BCUT2D eigenvalue weighted by molar-refractivity contribution is 6.00. The summed E-state index contributed by atoms with van der Waals surface area (Å²) in [6, 6.07) is 11.4. The summed E-state index contributed by atoms with van der Waals surface area (Å²) in [5, 5.41) is 10.1. The van der Waals surface area contributed by atoms with E-state index < -0.39 is 0 Å². The second-order valence-corrected chi connectivity index (χ2v) is 11.1. The van der Waals surface area contributed by atoms with E-state index in [4.69, 9.17) is 25.5 Å². The molecule has 0 radical (unpaired) electrons. The standard InChI is InChI=1S/C29H31N7O3/c1-34-25-20(33-28(34)21-11-17-4-3-8-32-27(17)35(21)14-16-5-6-16)10-18(12-22(25)38-2)29(37)36-15-19-13-23(39-9-7-30)26(36)24(19)31/h3-4,8,10-12,16,19,23-24,26H,5-6,9,13-15,31H2,1-2H3/t19-,23+,24?,26?/m1/s1. The second kappa shape index (κ2) is 9.07. The number of ether oxygens (including phenoxy) is 2. The molecule has 2 N–H and O–H groups in total. The van der Waals surface area contributed by atoms with E-state index in [1.807, 2.05) is 40.9 Å². The second-order valence-electron chi connectivity index (χ2n) is 11.1. The first kappa shape index (κ1) is 24.1. The van der Waals surface area contributed by atoms with Crippen molar-refractivity contribution in [3.63, 3.8) is 0 Å². The highest BCUT2D eigenvalue weighted by Crippen LogP contribution is 2.41. The van der Waals surface area contributed by atoms with Crippen LogP contribution < -0.4 is 10.5 Å². The van der Waals surface area contributed by atoms with Crippen molar-refractivity contribution in [1.82, 2.24) is 24.0 Å². The Kier molecular flexibility index (Phi) is 5.61. The van der Waals surface area contributed by atoms with Crippen molar-refractivity contribution in [2.24, 2.45) is 24.6 Å². The van der Waals surface area contributed by atoms with Crippen molar-refractivity contribution < 1.29 is 14.3 Å². The Morgan fingerprint density at radius 2 is 2.13 bits per heavy atom. The first-order chi connectivity index (χ1) is 19.0.